The Balaban J connectivity index is 1.06. The third kappa shape index (κ3) is 6.30. The Morgan fingerprint density at radius 1 is 0.958 bits per heavy atom. The maximum atomic E-state index is 13.7. The minimum absolute atomic E-state index is 0.0266. The van der Waals surface area contributed by atoms with Gasteiger partial charge in [0.2, 0.25) is 10.0 Å². The lowest BCUT2D eigenvalue weighted by molar-refractivity contribution is 0.0606. The lowest BCUT2D eigenvalue weighted by atomic mass is 9.70. The number of amides is 1. The van der Waals surface area contributed by atoms with Crippen LogP contribution >= 0.6 is 11.6 Å². The maximum Gasteiger partial charge on any atom is 0.253 e. The molecule has 3 aliphatic heterocycles. The van der Waals surface area contributed by atoms with Crippen LogP contribution in [0.2, 0.25) is 5.02 Å². The Kier molecular flexibility index (Phi) is 9.17. The van der Waals surface area contributed by atoms with Gasteiger partial charge in [-0.25, -0.2) is 18.1 Å². The number of piperidine rings is 2. The summed E-state index contributed by atoms with van der Waals surface area (Å²) in [5.74, 6) is 0.957. The third-order valence-electron chi connectivity index (χ3n) is 11.1. The summed E-state index contributed by atoms with van der Waals surface area (Å²) in [6, 6.07) is 25.2. The number of sulfonamides is 1. The third-order valence-corrected chi connectivity index (χ3v) is 13.2. The van der Waals surface area contributed by atoms with Crippen molar-refractivity contribution in [2.75, 3.05) is 19.6 Å². The number of aromatic nitrogens is 2. The van der Waals surface area contributed by atoms with Crippen molar-refractivity contribution >= 4 is 38.6 Å². The first-order valence-electron chi connectivity index (χ1n) is 17.4. The number of hydrogen-bond acceptors (Lipinski definition) is 5. The molecule has 2 bridgehead atoms. The second kappa shape index (κ2) is 13.2. The van der Waals surface area contributed by atoms with E-state index in [1.54, 1.807) is 19.9 Å². The van der Waals surface area contributed by atoms with Crippen molar-refractivity contribution in [3.8, 4) is 0 Å². The number of aryl methyl sites for hydroxylation is 1. The fourth-order valence-corrected chi connectivity index (χ4v) is 10.6. The van der Waals surface area contributed by atoms with Crippen LogP contribution in [0.4, 0.5) is 0 Å². The number of rotatable bonds is 9. The fourth-order valence-electron chi connectivity index (χ4n) is 8.80. The highest BCUT2D eigenvalue weighted by atomic mass is 35.5. The van der Waals surface area contributed by atoms with Crippen LogP contribution in [0.5, 0.6) is 0 Å². The normalized spacial score (nSPS) is 22.9. The molecule has 1 amide bonds. The number of nitrogens with zero attached hydrogens (tertiary/aromatic N) is 4. The molecule has 10 heteroatoms. The van der Waals surface area contributed by atoms with E-state index in [0.717, 1.165) is 50.0 Å². The first kappa shape index (κ1) is 33.3. The van der Waals surface area contributed by atoms with E-state index >= 15 is 0 Å². The molecule has 8 nitrogen and oxygen atoms in total. The van der Waals surface area contributed by atoms with Crippen LogP contribution in [0, 0.1) is 6.92 Å². The van der Waals surface area contributed by atoms with Gasteiger partial charge in [0.15, 0.2) is 0 Å². The molecule has 0 radical (unpaired) electrons. The summed E-state index contributed by atoms with van der Waals surface area (Å²) in [7, 11) is -3.84. The van der Waals surface area contributed by atoms with E-state index in [9.17, 15) is 13.2 Å². The molecule has 0 saturated carbocycles. The Morgan fingerprint density at radius 2 is 1.62 bits per heavy atom. The van der Waals surface area contributed by atoms with E-state index in [1.165, 1.54) is 36.1 Å². The van der Waals surface area contributed by atoms with E-state index < -0.39 is 10.0 Å². The molecule has 1 aromatic heterocycles. The number of imidazole rings is 1. The Labute approximate surface area is 289 Å². The molecule has 1 N–H and O–H groups in total. The van der Waals surface area contributed by atoms with Crippen molar-refractivity contribution in [1.82, 2.24) is 24.1 Å². The van der Waals surface area contributed by atoms with Gasteiger partial charge >= 0.3 is 0 Å². The zero-order chi connectivity index (χ0) is 33.6. The summed E-state index contributed by atoms with van der Waals surface area (Å²) in [5.41, 5.74) is 4.00. The number of carbonyl (C=O) groups excluding carboxylic acids is 1. The molecule has 0 aliphatic carbocycles. The average Bonchev–Trinajstić information content (AvgIpc) is 3.53. The molecule has 0 unspecified atom stereocenters. The number of likely N-dealkylation sites (tertiary alicyclic amines) is 1. The molecular weight excluding hydrogens is 642 g/mol. The molecule has 7 rings (SSSR count). The molecule has 3 aliphatic rings. The SMILES string of the molecule is Cc1nc2ccccc2n1[C@H]1C[C@H]2CC[C@@H](C1)N2CCC1(c2ccccc2)CCN(C(=O)c2ccc(Cl)c(S(=O)(=O)NC(C)C)c2)CC1. The van der Waals surface area contributed by atoms with Crippen LogP contribution in [-0.4, -0.2) is 71.4 Å². The molecule has 3 saturated heterocycles. The fraction of sp³-hybridized carbons (Fsp3) is 0.474. The van der Waals surface area contributed by atoms with Crippen LogP contribution < -0.4 is 4.72 Å². The number of benzene rings is 3. The topological polar surface area (TPSA) is 87.5 Å². The minimum Gasteiger partial charge on any atom is -0.339 e. The summed E-state index contributed by atoms with van der Waals surface area (Å²) < 4.78 is 30.9. The van der Waals surface area contributed by atoms with Crippen molar-refractivity contribution in [2.45, 2.75) is 100 Å². The van der Waals surface area contributed by atoms with E-state index in [4.69, 9.17) is 16.6 Å². The largest absolute Gasteiger partial charge is 0.339 e. The highest BCUT2D eigenvalue weighted by Crippen LogP contribution is 2.45. The van der Waals surface area contributed by atoms with Crippen LogP contribution in [0.15, 0.2) is 77.7 Å². The molecule has 4 heterocycles. The molecule has 0 spiro atoms. The van der Waals surface area contributed by atoms with Crippen molar-refractivity contribution < 1.29 is 13.2 Å². The van der Waals surface area contributed by atoms with E-state index in [1.807, 2.05) is 4.90 Å². The van der Waals surface area contributed by atoms with Gasteiger partial charge in [-0.2, -0.15) is 0 Å². The van der Waals surface area contributed by atoms with Gasteiger partial charge in [0.05, 0.1) is 16.1 Å². The summed E-state index contributed by atoms with van der Waals surface area (Å²) in [4.78, 5) is 23.2. The summed E-state index contributed by atoms with van der Waals surface area (Å²) in [6.07, 6.45) is 7.59. The maximum absolute atomic E-state index is 13.7. The Hall–Kier alpha value is -3.24. The van der Waals surface area contributed by atoms with E-state index in [-0.39, 0.29) is 27.3 Å². The smallest absolute Gasteiger partial charge is 0.253 e. The van der Waals surface area contributed by atoms with Gasteiger partial charge < -0.3 is 9.47 Å². The first-order valence-corrected chi connectivity index (χ1v) is 19.3. The zero-order valence-electron chi connectivity index (χ0n) is 28.1. The lowest BCUT2D eigenvalue weighted by Gasteiger charge is -2.45. The second-order valence-corrected chi connectivity index (χ2v) is 16.5. The summed E-state index contributed by atoms with van der Waals surface area (Å²) >= 11 is 6.30. The van der Waals surface area contributed by atoms with Gasteiger partial charge in [-0.1, -0.05) is 54.1 Å². The van der Waals surface area contributed by atoms with Crippen LogP contribution in [0.1, 0.15) is 86.6 Å². The molecule has 3 atom stereocenters. The van der Waals surface area contributed by atoms with Gasteiger partial charge in [-0.3, -0.25) is 9.69 Å². The molecule has 48 heavy (non-hydrogen) atoms. The van der Waals surface area contributed by atoms with Crippen molar-refractivity contribution in [3.63, 3.8) is 0 Å². The average molecular weight is 688 g/mol. The van der Waals surface area contributed by atoms with Gasteiger partial charge in [-0.15, -0.1) is 0 Å². The van der Waals surface area contributed by atoms with E-state index in [0.29, 0.717) is 36.8 Å². The van der Waals surface area contributed by atoms with Gasteiger partial charge in [0.1, 0.15) is 10.7 Å². The first-order chi connectivity index (χ1) is 23.0. The number of para-hydroxylation sites is 2. The van der Waals surface area contributed by atoms with Gasteiger partial charge in [0.25, 0.3) is 5.91 Å². The monoisotopic (exact) mass is 687 g/mol. The summed E-state index contributed by atoms with van der Waals surface area (Å²) in [5, 5.41) is 0.105. The number of fused-ring (bicyclic) bond motifs is 3. The number of carbonyl (C=O) groups is 1. The lowest BCUT2D eigenvalue weighted by Crippen LogP contribution is -2.49. The quantitative estimate of drug-likeness (QED) is 0.203. The van der Waals surface area contributed by atoms with Gasteiger partial charge in [-0.05, 0) is 114 Å². The van der Waals surface area contributed by atoms with Crippen LogP contribution in [0.3, 0.4) is 0 Å². The molecule has 4 aromatic rings. The predicted molar refractivity (Wildman–Crippen MR) is 191 cm³/mol. The highest BCUT2D eigenvalue weighted by molar-refractivity contribution is 7.89. The second-order valence-electron chi connectivity index (χ2n) is 14.4. The Bertz CT molecular complexity index is 1890. The van der Waals surface area contributed by atoms with Crippen molar-refractivity contribution in [3.05, 3.63) is 94.8 Å². The molecule has 3 fully saturated rings. The molecular formula is C38H46ClN5O3S. The molecule has 3 aromatic carbocycles. The van der Waals surface area contributed by atoms with Crippen LogP contribution in [0.25, 0.3) is 11.0 Å². The highest BCUT2D eigenvalue weighted by Gasteiger charge is 2.44. The molecule has 254 valence electrons. The number of halogens is 1. The zero-order valence-corrected chi connectivity index (χ0v) is 29.7. The number of hydrogen-bond donors (Lipinski definition) is 1. The van der Waals surface area contributed by atoms with Crippen LogP contribution in [-0.2, 0) is 15.4 Å². The summed E-state index contributed by atoms with van der Waals surface area (Å²) in [6.45, 7) is 7.94. The van der Waals surface area contributed by atoms with Crippen molar-refractivity contribution in [2.24, 2.45) is 0 Å². The van der Waals surface area contributed by atoms with E-state index in [2.05, 4.69) is 75.7 Å². The van der Waals surface area contributed by atoms with Gasteiger partial charge in [0, 0.05) is 42.8 Å². The standard InChI is InChI=1S/C38H46ClN5O3S/c1-26(2)41-48(46,47)36-23-28(13-16-33(36)39)37(45)42-20-17-38(18-21-42,29-9-5-4-6-10-29)19-22-43-30-14-15-31(43)25-32(24-30)44-27(3)40-34-11-7-8-12-35(34)44/h4-13,16,23,26,30-32,41H,14-15,17-22,24-25H2,1-3H3/t30-,31+,32+. The Morgan fingerprint density at radius 3 is 2.31 bits per heavy atom. The minimum atomic E-state index is -3.84. The van der Waals surface area contributed by atoms with Crippen molar-refractivity contribution in [1.29, 1.82) is 0 Å². The number of nitrogens with one attached hydrogen (secondary N) is 1. The predicted octanol–water partition coefficient (Wildman–Crippen LogP) is 7.12.